The number of hydrogen-bond donors (Lipinski definition) is 2. The van der Waals surface area contributed by atoms with Gasteiger partial charge in [-0.05, 0) is 55.3 Å². The molecule has 0 aliphatic heterocycles. The molecule has 0 saturated heterocycles. The predicted molar refractivity (Wildman–Crippen MR) is 122 cm³/mol. The molecule has 0 atom stereocenters. The SMILES string of the molecule is CC(C)n1nc(COc2ccccc2CC(=O)O)c2cc(-c3cccc(N)c3)ccc21. The first-order valence-electron chi connectivity index (χ1n) is 10.2. The summed E-state index contributed by atoms with van der Waals surface area (Å²) in [7, 11) is 0. The number of aliphatic carboxylic acids is 1. The van der Waals surface area contributed by atoms with E-state index in [2.05, 4.69) is 32.0 Å². The maximum atomic E-state index is 11.2. The Balaban J connectivity index is 1.72. The van der Waals surface area contributed by atoms with Crippen LogP contribution in [0.2, 0.25) is 0 Å². The van der Waals surface area contributed by atoms with Crippen molar-refractivity contribution in [2.45, 2.75) is 32.9 Å². The summed E-state index contributed by atoms with van der Waals surface area (Å²) in [6.45, 7) is 4.42. The summed E-state index contributed by atoms with van der Waals surface area (Å²) in [6.07, 6.45) is -0.0864. The average Bonchev–Trinajstić information content (AvgIpc) is 3.11. The van der Waals surface area contributed by atoms with Gasteiger partial charge in [-0.15, -0.1) is 0 Å². The highest BCUT2D eigenvalue weighted by Gasteiger charge is 2.15. The van der Waals surface area contributed by atoms with Crippen molar-refractivity contribution >= 4 is 22.6 Å². The molecule has 0 spiro atoms. The molecule has 0 aliphatic carbocycles. The Hall–Kier alpha value is -3.80. The van der Waals surface area contributed by atoms with Gasteiger partial charge < -0.3 is 15.6 Å². The highest BCUT2D eigenvalue weighted by molar-refractivity contribution is 5.87. The van der Waals surface area contributed by atoms with Crippen LogP contribution in [0.4, 0.5) is 5.69 Å². The maximum absolute atomic E-state index is 11.2. The molecular weight excluding hydrogens is 390 g/mol. The van der Waals surface area contributed by atoms with Crippen molar-refractivity contribution in [2.75, 3.05) is 5.73 Å². The van der Waals surface area contributed by atoms with Crippen molar-refractivity contribution in [1.29, 1.82) is 0 Å². The molecule has 0 bridgehead atoms. The number of nitrogens with zero attached hydrogens (tertiary/aromatic N) is 2. The standard InChI is InChI=1S/C25H25N3O3/c1-16(2)28-23-11-10-18(17-7-5-8-20(26)12-17)13-21(23)22(27-28)15-31-24-9-4-3-6-19(24)14-25(29)30/h3-13,16H,14-15,26H2,1-2H3,(H,29,30). The minimum absolute atomic E-state index is 0.0864. The molecule has 0 amide bonds. The Morgan fingerprint density at radius 3 is 2.58 bits per heavy atom. The van der Waals surface area contributed by atoms with Gasteiger partial charge in [-0.3, -0.25) is 9.48 Å². The monoisotopic (exact) mass is 415 g/mol. The molecule has 6 heteroatoms. The number of rotatable bonds is 7. The number of benzene rings is 3. The summed E-state index contributed by atoms with van der Waals surface area (Å²) >= 11 is 0. The zero-order valence-corrected chi connectivity index (χ0v) is 17.6. The van der Waals surface area contributed by atoms with Crippen molar-refractivity contribution < 1.29 is 14.6 Å². The highest BCUT2D eigenvalue weighted by Crippen LogP contribution is 2.30. The second-order valence-electron chi connectivity index (χ2n) is 7.81. The molecule has 0 radical (unpaired) electrons. The van der Waals surface area contributed by atoms with Crippen LogP contribution in [-0.2, 0) is 17.8 Å². The van der Waals surface area contributed by atoms with Crippen LogP contribution in [0.15, 0.2) is 66.7 Å². The number of carboxylic acids is 1. The maximum Gasteiger partial charge on any atom is 0.307 e. The van der Waals surface area contributed by atoms with Gasteiger partial charge in [0.2, 0.25) is 0 Å². The van der Waals surface area contributed by atoms with Gasteiger partial charge in [0.05, 0.1) is 11.9 Å². The van der Waals surface area contributed by atoms with Crippen LogP contribution in [-0.4, -0.2) is 20.9 Å². The largest absolute Gasteiger partial charge is 0.487 e. The van der Waals surface area contributed by atoms with E-state index < -0.39 is 5.97 Å². The van der Waals surface area contributed by atoms with Crippen molar-refractivity contribution in [1.82, 2.24) is 9.78 Å². The minimum atomic E-state index is -0.891. The van der Waals surface area contributed by atoms with Crippen LogP contribution in [0.3, 0.4) is 0 Å². The number of hydrogen-bond acceptors (Lipinski definition) is 4. The van der Waals surface area contributed by atoms with Gasteiger partial charge in [-0.2, -0.15) is 5.10 Å². The lowest BCUT2D eigenvalue weighted by Gasteiger charge is -2.09. The van der Waals surface area contributed by atoms with Crippen LogP contribution >= 0.6 is 0 Å². The Bertz CT molecular complexity index is 1240. The number of aromatic nitrogens is 2. The molecule has 1 heterocycles. The quantitative estimate of drug-likeness (QED) is 0.411. The fourth-order valence-corrected chi connectivity index (χ4v) is 3.70. The molecule has 158 valence electrons. The third-order valence-electron chi connectivity index (χ3n) is 5.17. The van der Waals surface area contributed by atoms with E-state index in [0.717, 1.165) is 27.7 Å². The van der Waals surface area contributed by atoms with Crippen LogP contribution in [0.5, 0.6) is 5.75 Å². The Morgan fingerprint density at radius 2 is 1.84 bits per heavy atom. The molecule has 0 aliphatic rings. The van der Waals surface area contributed by atoms with E-state index >= 15 is 0 Å². The molecule has 6 nitrogen and oxygen atoms in total. The number of nitrogen functional groups attached to an aromatic ring is 1. The molecule has 0 fully saturated rings. The summed E-state index contributed by atoms with van der Waals surface area (Å²) in [5.74, 6) is -0.332. The van der Waals surface area contributed by atoms with Crippen molar-refractivity contribution in [3.05, 3.63) is 78.0 Å². The van der Waals surface area contributed by atoms with E-state index in [1.807, 2.05) is 41.1 Å². The topological polar surface area (TPSA) is 90.4 Å². The number of carboxylic acid groups (broad SMARTS) is 1. The second kappa shape index (κ2) is 8.52. The predicted octanol–water partition coefficient (Wildman–Crippen LogP) is 5.07. The van der Waals surface area contributed by atoms with Gasteiger partial charge >= 0.3 is 5.97 Å². The first-order chi connectivity index (χ1) is 14.9. The van der Waals surface area contributed by atoms with Gasteiger partial charge in [0, 0.05) is 22.7 Å². The minimum Gasteiger partial charge on any atom is -0.487 e. The second-order valence-corrected chi connectivity index (χ2v) is 7.81. The first-order valence-corrected chi connectivity index (χ1v) is 10.2. The molecule has 4 aromatic rings. The van der Waals surface area contributed by atoms with E-state index in [-0.39, 0.29) is 19.1 Å². The fraction of sp³-hybridized carbons (Fsp3) is 0.200. The number of ether oxygens (including phenoxy) is 1. The van der Waals surface area contributed by atoms with Crippen LogP contribution in [0.1, 0.15) is 31.1 Å². The van der Waals surface area contributed by atoms with Crippen molar-refractivity contribution in [3.8, 4) is 16.9 Å². The first kappa shape index (κ1) is 20.5. The average molecular weight is 415 g/mol. The highest BCUT2D eigenvalue weighted by atomic mass is 16.5. The zero-order chi connectivity index (χ0) is 22.0. The number of anilines is 1. The Kier molecular flexibility index (Phi) is 5.62. The van der Waals surface area contributed by atoms with Gasteiger partial charge in [0.1, 0.15) is 18.1 Å². The molecule has 3 aromatic carbocycles. The summed E-state index contributed by atoms with van der Waals surface area (Å²) in [5, 5.41) is 15.0. The Morgan fingerprint density at radius 1 is 1.06 bits per heavy atom. The lowest BCUT2D eigenvalue weighted by molar-refractivity contribution is -0.136. The number of carbonyl (C=O) groups is 1. The number of para-hydroxylation sites is 1. The van der Waals surface area contributed by atoms with Crippen molar-refractivity contribution in [3.63, 3.8) is 0 Å². The van der Waals surface area contributed by atoms with Crippen molar-refractivity contribution in [2.24, 2.45) is 0 Å². The molecule has 3 N–H and O–H groups in total. The third kappa shape index (κ3) is 4.38. The summed E-state index contributed by atoms with van der Waals surface area (Å²) in [4.78, 5) is 11.2. The molecule has 31 heavy (non-hydrogen) atoms. The van der Waals surface area contributed by atoms with Crippen LogP contribution in [0.25, 0.3) is 22.0 Å². The molecule has 0 unspecified atom stereocenters. The van der Waals surface area contributed by atoms with Crippen LogP contribution < -0.4 is 10.5 Å². The summed E-state index contributed by atoms with van der Waals surface area (Å²) < 4.78 is 8.02. The molecule has 0 saturated carbocycles. The van der Waals surface area contributed by atoms with E-state index in [9.17, 15) is 4.79 Å². The normalized spacial score (nSPS) is 11.2. The molecule has 1 aromatic heterocycles. The number of nitrogens with two attached hydrogens (primary N) is 1. The summed E-state index contributed by atoms with van der Waals surface area (Å²) in [5.41, 5.74) is 11.2. The molecule has 4 rings (SSSR count). The van der Waals surface area contributed by atoms with Gasteiger partial charge in [-0.25, -0.2) is 0 Å². The lowest BCUT2D eigenvalue weighted by atomic mass is 10.0. The molecular formula is C25H25N3O3. The zero-order valence-electron chi connectivity index (χ0n) is 17.6. The van der Waals surface area contributed by atoms with E-state index in [1.54, 1.807) is 12.1 Å². The summed E-state index contributed by atoms with van der Waals surface area (Å²) in [6, 6.07) is 21.4. The number of fused-ring (bicyclic) bond motifs is 1. The third-order valence-corrected chi connectivity index (χ3v) is 5.17. The lowest BCUT2D eigenvalue weighted by Crippen LogP contribution is -2.06. The van der Waals surface area contributed by atoms with Gasteiger partial charge in [0.15, 0.2) is 0 Å². The smallest absolute Gasteiger partial charge is 0.307 e. The van der Waals surface area contributed by atoms with E-state index in [1.165, 1.54) is 0 Å². The van der Waals surface area contributed by atoms with E-state index in [0.29, 0.717) is 17.0 Å². The van der Waals surface area contributed by atoms with Gasteiger partial charge in [-0.1, -0.05) is 36.4 Å². The van der Waals surface area contributed by atoms with E-state index in [4.69, 9.17) is 20.7 Å². The van der Waals surface area contributed by atoms with Crippen LogP contribution in [0, 0.1) is 0 Å². The fourth-order valence-electron chi connectivity index (χ4n) is 3.70. The van der Waals surface area contributed by atoms with Gasteiger partial charge in [0.25, 0.3) is 0 Å². The Labute approximate surface area is 180 Å².